The molecule has 0 unspecified atom stereocenters. The Labute approximate surface area is 100.0 Å². The van der Waals surface area contributed by atoms with Crippen LogP contribution in [0.15, 0.2) is 29.2 Å². The number of carbonyl (C=O) groups is 1. The summed E-state index contributed by atoms with van der Waals surface area (Å²) in [5.74, 6) is 6.02. The first-order chi connectivity index (χ1) is 7.76. The summed E-state index contributed by atoms with van der Waals surface area (Å²) in [7, 11) is 0. The van der Waals surface area contributed by atoms with Gasteiger partial charge >= 0.3 is 6.03 Å². The minimum Gasteiger partial charge on any atom is -0.337 e. The Morgan fingerprint density at radius 1 is 1.38 bits per heavy atom. The third-order valence-electron chi connectivity index (χ3n) is 2.06. The molecular formula is C11H17N3OS. The van der Waals surface area contributed by atoms with Crippen LogP contribution in [-0.4, -0.2) is 18.3 Å². The van der Waals surface area contributed by atoms with E-state index in [9.17, 15) is 4.79 Å². The molecule has 0 saturated heterocycles. The summed E-state index contributed by atoms with van der Waals surface area (Å²) >= 11 is 1.82. The second-order valence-electron chi connectivity index (χ2n) is 3.23. The molecule has 88 valence electrons. The van der Waals surface area contributed by atoms with Crippen molar-refractivity contribution in [3.63, 3.8) is 0 Å². The molecule has 5 heteroatoms. The topological polar surface area (TPSA) is 67.2 Å². The first-order valence-corrected chi connectivity index (χ1v) is 6.21. The summed E-state index contributed by atoms with van der Waals surface area (Å²) < 4.78 is 0. The average Bonchev–Trinajstić information content (AvgIpc) is 2.31. The Balaban J connectivity index is 2.34. The van der Waals surface area contributed by atoms with Gasteiger partial charge in [0.1, 0.15) is 0 Å². The van der Waals surface area contributed by atoms with Crippen LogP contribution in [0.5, 0.6) is 0 Å². The lowest BCUT2D eigenvalue weighted by Crippen LogP contribution is -2.40. The normalized spacial score (nSPS) is 9.88. The van der Waals surface area contributed by atoms with Gasteiger partial charge in [0.25, 0.3) is 0 Å². The fourth-order valence-electron chi connectivity index (χ4n) is 1.29. The number of benzene rings is 1. The fourth-order valence-corrected chi connectivity index (χ4v) is 1.95. The van der Waals surface area contributed by atoms with Crippen molar-refractivity contribution in [3.05, 3.63) is 29.8 Å². The molecule has 1 aromatic carbocycles. The van der Waals surface area contributed by atoms with Crippen LogP contribution < -0.4 is 16.6 Å². The molecule has 0 aliphatic heterocycles. The Morgan fingerprint density at radius 3 is 2.62 bits per heavy atom. The van der Waals surface area contributed by atoms with E-state index < -0.39 is 0 Å². The first kappa shape index (κ1) is 12.9. The van der Waals surface area contributed by atoms with Gasteiger partial charge in [-0.15, -0.1) is 11.8 Å². The molecule has 16 heavy (non-hydrogen) atoms. The van der Waals surface area contributed by atoms with E-state index in [0.717, 1.165) is 12.2 Å². The Bertz CT molecular complexity index is 327. The molecule has 0 atom stereocenters. The molecule has 1 rings (SSSR count). The molecule has 4 N–H and O–H groups in total. The third kappa shape index (κ3) is 4.55. The molecule has 0 saturated carbocycles. The van der Waals surface area contributed by atoms with E-state index in [0.29, 0.717) is 6.54 Å². The number of nitrogens with one attached hydrogen (secondary N) is 2. The van der Waals surface area contributed by atoms with E-state index >= 15 is 0 Å². The van der Waals surface area contributed by atoms with Gasteiger partial charge in [-0.05, 0) is 29.9 Å². The van der Waals surface area contributed by atoms with E-state index in [1.165, 1.54) is 10.5 Å². The minimum absolute atomic E-state index is 0.349. The summed E-state index contributed by atoms with van der Waals surface area (Å²) in [6, 6.07) is 8.03. The molecule has 0 spiro atoms. The van der Waals surface area contributed by atoms with Gasteiger partial charge in [0.2, 0.25) is 0 Å². The summed E-state index contributed by atoms with van der Waals surface area (Å²) in [4.78, 5) is 12.1. The lowest BCUT2D eigenvalue weighted by atomic mass is 10.1. The predicted molar refractivity (Wildman–Crippen MR) is 67.3 cm³/mol. The number of carbonyl (C=O) groups excluding carboxylic acids is 1. The molecule has 2 amide bonds. The lowest BCUT2D eigenvalue weighted by Gasteiger charge is -2.05. The van der Waals surface area contributed by atoms with Gasteiger partial charge in [-0.3, -0.25) is 5.43 Å². The number of urea groups is 1. The number of hydrogen-bond donors (Lipinski definition) is 3. The summed E-state index contributed by atoms with van der Waals surface area (Å²) in [6.45, 7) is 2.72. The molecule has 0 heterocycles. The van der Waals surface area contributed by atoms with E-state index in [-0.39, 0.29) is 6.03 Å². The lowest BCUT2D eigenvalue weighted by molar-refractivity contribution is 0.241. The third-order valence-corrected chi connectivity index (χ3v) is 2.96. The quantitative estimate of drug-likeness (QED) is 0.316. The molecule has 0 radical (unpaired) electrons. The van der Waals surface area contributed by atoms with Crippen molar-refractivity contribution >= 4 is 17.8 Å². The monoisotopic (exact) mass is 239 g/mol. The molecule has 0 fully saturated rings. The first-order valence-electron chi connectivity index (χ1n) is 5.22. The molecule has 0 bridgehead atoms. The van der Waals surface area contributed by atoms with Crippen molar-refractivity contribution in [1.29, 1.82) is 0 Å². The molecule has 0 aromatic heterocycles. The largest absolute Gasteiger partial charge is 0.337 e. The summed E-state index contributed by atoms with van der Waals surface area (Å²) in [5, 5.41) is 2.64. The SMILES string of the molecule is CCSc1ccc(CCNC(=O)NN)cc1. The number of rotatable bonds is 5. The average molecular weight is 239 g/mol. The summed E-state index contributed by atoms with van der Waals surface area (Å²) in [6.07, 6.45) is 0.810. The number of nitrogens with two attached hydrogens (primary N) is 1. The summed E-state index contributed by atoms with van der Waals surface area (Å²) in [5.41, 5.74) is 3.23. The van der Waals surface area contributed by atoms with Gasteiger partial charge in [-0.1, -0.05) is 19.1 Å². The Kier molecular flexibility index (Phi) is 5.74. The van der Waals surface area contributed by atoms with Gasteiger partial charge in [0, 0.05) is 11.4 Å². The van der Waals surface area contributed by atoms with Gasteiger partial charge in [-0.2, -0.15) is 0 Å². The number of hydrogen-bond acceptors (Lipinski definition) is 3. The van der Waals surface area contributed by atoms with Crippen molar-refractivity contribution in [2.45, 2.75) is 18.2 Å². The maximum absolute atomic E-state index is 10.8. The zero-order chi connectivity index (χ0) is 11.8. The Morgan fingerprint density at radius 2 is 2.06 bits per heavy atom. The van der Waals surface area contributed by atoms with Crippen LogP contribution in [0.25, 0.3) is 0 Å². The zero-order valence-electron chi connectivity index (χ0n) is 9.32. The highest BCUT2D eigenvalue weighted by Gasteiger charge is 1.97. The van der Waals surface area contributed by atoms with Crippen LogP contribution in [0.1, 0.15) is 12.5 Å². The minimum atomic E-state index is -0.349. The molecule has 0 aliphatic rings. The van der Waals surface area contributed by atoms with Crippen LogP contribution in [0, 0.1) is 0 Å². The van der Waals surface area contributed by atoms with Gasteiger partial charge in [-0.25, -0.2) is 10.6 Å². The van der Waals surface area contributed by atoms with Crippen LogP contribution in [0.3, 0.4) is 0 Å². The highest BCUT2D eigenvalue weighted by molar-refractivity contribution is 7.99. The van der Waals surface area contributed by atoms with Gasteiger partial charge in [0.05, 0.1) is 0 Å². The van der Waals surface area contributed by atoms with Crippen LogP contribution >= 0.6 is 11.8 Å². The predicted octanol–water partition coefficient (Wildman–Crippen LogP) is 1.51. The number of amides is 2. The maximum atomic E-state index is 10.8. The van der Waals surface area contributed by atoms with Crippen LogP contribution in [0.2, 0.25) is 0 Å². The standard InChI is InChI=1S/C11H17N3OS/c1-2-16-10-5-3-9(4-6-10)7-8-13-11(15)14-12/h3-6H,2,7-8,12H2,1H3,(H2,13,14,15). The van der Waals surface area contributed by atoms with Crippen molar-refractivity contribution in [3.8, 4) is 0 Å². The van der Waals surface area contributed by atoms with Crippen LogP contribution in [0.4, 0.5) is 4.79 Å². The van der Waals surface area contributed by atoms with Gasteiger partial charge < -0.3 is 5.32 Å². The second-order valence-corrected chi connectivity index (χ2v) is 4.56. The van der Waals surface area contributed by atoms with Crippen molar-refractivity contribution in [2.75, 3.05) is 12.3 Å². The van der Waals surface area contributed by atoms with Crippen molar-refractivity contribution < 1.29 is 4.79 Å². The zero-order valence-corrected chi connectivity index (χ0v) is 10.1. The highest BCUT2D eigenvalue weighted by atomic mass is 32.2. The maximum Gasteiger partial charge on any atom is 0.328 e. The number of thioether (sulfide) groups is 1. The van der Waals surface area contributed by atoms with E-state index in [1.54, 1.807) is 0 Å². The van der Waals surface area contributed by atoms with Gasteiger partial charge in [0.15, 0.2) is 0 Å². The fraction of sp³-hybridized carbons (Fsp3) is 0.364. The van der Waals surface area contributed by atoms with Crippen molar-refractivity contribution in [2.24, 2.45) is 5.84 Å². The van der Waals surface area contributed by atoms with E-state index in [4.69, 9.17) is 5.84 Å². The van der Waals surface area contributed by atoms with Crippen LogP contribution in [-0.2, 0) is 6.42 Å². The van der Waals surface area contributed by atoms with Crippen molar-refractivity contribution in [1.82, 2.24) is 10.7 Å². The molecule has 0 aliphatic carbocycles. The van der Waals surface area contributed by atoms with E-state index in [2.05, 4.69) is 36.5 Å². The number of hydrazine groups is 1. The smallest absolute Gasteiger partial charge is 0.328 e. The highest BCUT2D eigenvalue weighted by Crippen LogP contribution is 2.17. The second kappa shape index (κ2) is 7.14. The molecule has 1 aromatic rings. The van der Waals surface area contributed by atoms with E-state index in [1.807, 2.05) is 17.2 Å². The molecule has 4 nitrogen and oxygen atoms in total. The molecular weight excluding hydrogens is 222 g/mol. The Hall–Kier alpha value is -1.20.